The number of anilines is 1. The van der Waals surface area contributed by atoms with E-state index < -0.39 is 0 Å². The van der Waals surface area contributed by atoms with Gasteiger partial charge in [-0.15, -0.1) is 0 Å². The zero-order valence-corrected chi connectivity index (χ0v) is 12.0. The number of piperazine rings is 1. The molecule has 0 unspecified atom stereocenters. The number of rotatable bonds is 5. The minimum absolute atomic E-state index is 0.837. The zero-order chi connectivity index (χ0) is 13.7. The van der Waals surface area contributed by atoms with E-state index in [1.165, 1.54) is 0 Å². The Morgan fingerprint density at radius 1 is 1.21 bits per heavy atom. The van der Waals surface area contributed by atoms with Crippen molar-refractivity contribution in [2.24, 2.45) is 0 Å². The van der Waals surface area contributed by atoms with Gasteiger partial charge in [0.1, 0.15) is 11.5 Å². The van der Waals surface area contributed by atoms with Crippen molar-refractivity contribution in [1.29, 1.82) is 0 Å². The number of nitrogens with one attached hydrogen (secondary N) is 2. The first-order valence-corrected chi connectivity index (χ1v) is 6.64. The molecule has 1 aromatic carbocycles. The van der Waals surface area contributed by atoms with Crippen LogP contribution in [-0.4, -0.2) is 52.0 Å². The molecule has 1 saturated heterocycles. The first-order valence-electron chi connectivity index (χ1n) is 6.64. The maximum atomic E-state index is 5.49. The van der Waals surface area contributed by atoms with Crippen molar-refractivity contribution in [3.63, 3.8) is 0 Å². The van der Waals surface area contributed by atoms with Crippen LogP contribution in [0, 0.1) is 6.92 Å². The molecule has 1 heterocycles. The Hall–Kier alpha value is -1.46. The van der Waals surface area contributed by atoms with Crippen LogP contribution in [0.25, 0.3) is 0 Å². The summed E-state index contributed by atoms with van der Waals surface area (Å²) in [5.74, 6) is 1.71. The molecule has 0 spiro atoms. The first-order chi connectivity index (χ1) is 9.26. The van der Waals surface area contributed by atoms with Crippen LogP contribution < -0.4 is 20.1 Å². The minimum atomic E-state index is 0.837. The molecule has 5 heteroatoms. The SMILES string of the molecule is COc1ccc(NCN2CCNCC2)c(OC)c1C. The quantitative estimate of drug-likeness (QED) is 0.840. The van der Waals surface area contributed by atoms with Gasteiger partial charge in [-0.05, 0) is 19.1 Å². The van der Waals surface area contributed by atoms with E-state index in [1.54, 1.807) is 14.2 Å². The predicted octanol–water partition coefficient (Wildman–Crippen LogP) is 1.29. The lowest BCUT2D eigenvalue weighted by Gasteiger charge is -2.28. The molecule has 2 N–H and O–H groups in total. The van der Waals surface area contributed by atoms with Gasteiger partial charge in [0.05, 0.1) is 26.6 Å². The molecule has 1 aliphatic heterocycles. The van der Waals surface area contributed by atoms with Gasteiger partial charge in [0, 0.05) is 31.7 Å². The van der Waals surface area contributed by atoms with E-state index in [-0.39, 0.29) is 0 Å². The van der Waals surface area contributed by atoms with Gasteiger partial charge in [-0.25, -0.2) is 0 Å². The molecule has 0 saturated carbocycles. The summed E-state index contributed by atoms with van der Waals surface area (Å²) < 4.78 is 10.8. The summed E-state index contributed by atoms with van der Waals surface area (Å²) in [6, 6.07) is 3.98. The second-order valence-electron chi connectivity index (χ2n) is 4.68. The standard InChI is InChI=1S/C14H23N3O2/c1-11-13(18-2)5-4-12(14(11)19-3)16-10-17-8-6-15-7-9-17/h4-5,15-16H,6-10H2,1-3H3. The Labute approximate surface area is 114 Å². The Kier molecular flexibility index (Phi) is 4.87. The van der Waals surface area contributed by atoms with Crippen LogP contribution in [0.4, 0.5) is 5.69 Å². The number of hydrogen-bond donors (Lipinski definition) is 2. The van der Waals surface area contributed by atoms with Crippen LogP contribution in [-0.2, 0) is 0 Å². The van der Waals surface area contributed by atoms with E-state index in [9.17, 15) is 0 Å². The number of nitrogens with zero attached hydrogens (tertiary/aromatic N) is 1. The summed E-state index contributed by atoms with van der Waals surface area (Å²) in [6.07, 6.45) is 0. The molecule has 2 rings (SSSR count). The van der Waals surface area contributed by atoms with Crippen LogP contribution in [0.5, 0.6) is 11.5 Å². The molecule has 0 bridgehead atoms. The normalized spacial score (nSPS) is 16.2. The van der Waals surface area contributed by atoms with Crippen molar-refractivity contribution in [1.82, 2.24) is 10.2 Å². The molecule has 0 atom stereocenters. The fourth-order valence-corrected chi connectivity index (χ4v) is 2.36. The molecule has 1 aromatic rings. The fourth-order valence-electron chi connectivity index (χ4n) is 2.36. The maximum absolute atomic E-state index is 5.49. The Balaban J connectivity index is 2.04. The summed E-state index contributed by atoms with van der Waals surface area (Å²) >= 11 is 0. The van der Waals surface area contributed by atoms with Gasteiger partial charge in [0.2, 0.25) is 0 Å². The third-order valence-electron chi connectivity index (χ3n) is 3.48. The molecule has 5 nitrogen and oxygen atoms in total. The molecule has 0 radical (unpaired) electrons. The Bertz CT molecular complexity index is 417. The largest absolute Gasteiger partial charge is 0.496 e. The number of ether oxygens (including phenoxy) is 2. The third kappa shape index (κ3) is 3.30. The third-order valence-corrected chi connectivity index (χ3v) is 3.48. The van der Waals surface area contributed by atoms with Crippen molar-refractivity contribution in [2.75, 3.05) is 52.4 Å². The molecule has 1 fully saturated rings. The number of benzene rings is 1. The van der Waals surface area contributed by atoms with Crippen molar-refractivity contribution in [3.05, 3.63) is 17.7 Å². The van der Waals surface area contributed by atoms with Gasteiger partial charge >= 0.3 is 0 Å². The second-order valence-corrected chi connectivity index (χ2v) is 4.68. The smallest absolute Gasteiger partial charge is 0.148 e. The highest BCUT2D eigenvalue weighted by atomic mass is 16.5. The number of methoxy groups -OCH3 is 2. The lowest BCUT2D eigenvalue weighted by molar-refractivity contribution is 0.256. The first kappa shape index (κ1) is 14.0. The van der Waals surface area contributed by atoms with E-state index in [4.69, 9.17) is 9.47 Å². The van der Waals surface area contributed by atoms with Crippen LogP contribution in [0.15, 0.2) is 12.1 Å². The summed E-state index contributed by atoms with van der Waals surface area (Å²) in [6.45, 7) is 7.10. The highest BCUT2D eigenvalue weighted by Gasteiger charge is 2.13. The van der Waals surface area contributed by atoms with Gasteiger partial charge in [-0.3, -0.25) is 4.90 Å². The molecular formula is C14H23N3O2. The zero-order valence-electron chi connectivity index (χ0n) is 12.0. The van der Waals surface area contributed by atoms with Crippen molar-refractivity contribution < 1.29 is 9.47 Å². The summed E-state index contributed by atoms with van der Waals surface area (Å²) in [7, 11) is 3.37. The van der Waals surface area contributed by atoms with Gasteiger partial charge in [-0.1, -0.05) is 0 Å². The van der Waals surface area contributed by atoms with Crippen molar-refractivity contribution in [3.8, 4) is 11.5 Å². The lowest BCUT2D eigenvalue weighted by Crippen LogP contribution is -2.45. The topological polar surface area (TPSA) is 45.8 Å². The number of hydrogen-bond acceptors (Lipinski definition) is 5. The highest BCUT2D eigenvalue weighted by molar-refractivity contribution is 5.63. The van der Waals surface area contributed by atoms with E-state index in [0.29, 0.717) is 0 Å². The summed E-state index contributed by atoms with van der Waals surface area (Å²) in [4.78, 5) is 2.38. The monoisotopic (exact) mass is 265 g/mol. The minimum Gasteiger partial charge on any atom is -0.496 e. The van der Waals surface area contributed by atoms with Crippen molar-refractivity contribution >= 4 is 5.69 Å². The van der Waals surface area contributed by atoms with Gasteiger partial charge < -0.3 is 20.1 Å². The Morgan fingerprint density at radius 3 is 2.58 bits per heavy atom. The van der Waals surface area contributed by atoms with Crippen LogP contribution in [0.2, 0.25) is 0 Å². The second kappa shape index (κ2) is 6.63. The Morgan fingerprint density at radius 2 is 1.95 bits per heavy atom. The molecule has 0 aliphatic carbocycles. The van der Waals surface area contributed by atoms with E-state index >= 15 is 0 Å². The predicted molar refractivity (Wildman–Crippen MR) is 77.2 cm³/mol. The average Bonchev–Trinajstić information content (AvgIpc) is 2.46. The molecule has 0 amide bonds. The van der Waals surface area contributed by atoms with Gasteiger partial charge in [0.15, 0.2) is 0 Å². The van der Waals surface area contributed by atoms with Crippen LogP contribution in [0.1, 0.15) is 5.56 Å². The van der Waals surface area contributed by atoms with E-state index in [1.807, 2.05) is 19.1 Å². The molecule has 1 aliphatic rings. The molecule has 106 valence electrons. The summed E-state index contributed by atoms with van der Waals surface area (Å²) in [5, 5.41) is 6.79. The molecular weight excluding hydrogens is 242 g/mol. The lowest BCUT2D eigenvalue weighted by atomic mass is 10.1. The average molecular weight is 265 g/mol. The molecule has 0 aromatic heterocycles. The maximum Gasteiger partial charge on any atom is 0.148 e. The van der Waals surface area contributed by atoms with E-state index in [2.05, 4.69) is 15.5 Å². The fraction of sp³-hybridized carbons (Fsp3) is 0.571. The van der Waals surface area contributed by atoms with Crippen molar-refractivity contribution in [2.45, 2.75) is 6.92 Å². The summed E-state index contributed by atoms with van der Waals surface area (Å²) in [5.41, 5.74) is 2.04. The van der Waals surface area contributed by atoms with Gasteiger partial charge in [0.25, 0.3) is 0 Å². The highest BCUT2D eigenvalue weighted by Crippen LogP contribution is 2.34. The van der Waals surface area contributed by atoms with Gasteiger partial charge in [-0.2, -0.15) is 0 Å². The van der Waals surface area contributed by atoms with Crippen LogP contribution in [0.3, 0.4) is 0 Å². The van der Waals surface area contributed by atoms with E-state index in [0.717, 1.165) is 55.6 Å². The molecule has 19 heavy (non-hydrogen) atoms. The van der Waals surface area contributed by atoms with Crippen LogP contribution >= 0.6 is 0 Å².